The van der Waals surface area contributed by atoms with Gasteiger partial charge in [-0.2, -0.15) is 5.10 Å². The fraction of sp³-hybridized carbons (Fsp3) is 0.292. The number of nitrogens with one attached hydrogen (secondary N) is 2. The van der Waals surface area contributed by atoms with Crippen LogP contribution in [0.5, 0.6) is 5.75 Å². The molecule has 0 spiro atoms. The molecular formula is C24H27F2N5O3. The van der Waals surface area contributed by atoms with Crippen LogP contribution >= 0.6 is 0 Å². The fourth-order valence-corrected chi connectivity index (χ4v) is 3.03. The lowest BCUT2D eigenvalue weighted by Crippen LogP contribution is -2.38. The molecule has 2 N–H and O–H groups in total. The van der Waals surface area contributed by atoms with Crippen molar-refractivity contribution in [3.63, 3.8) is 0 Å². The molecular weight excluding hydrogens is 444 g/mol. The molecule has 180 valence electrons. The molecule has 0 saturated carbocycles. The zero-order valence-electron chi connectivity index (χ0n) is 19.6. The number of aromatic nitrogens is 2. The second-order valence-electron chi connectivity index (χ2n) is 8.73. The molecule has 10 heteroatoms. The van der Waals surface area contributed by atoms with Gasteiger partial charge in [-0.15, -0.1) is 0 Å². The second-order valence-corrected chi connectivity index (χ2v) is 8.73. The van der Waals surface area contributed by atoms with Crippen molar-refractivity contribution in [3.05, 3.63) is 65.9 Å². The van der Waals surface area contributed by atoms with Gasteiger partial charge >= 0.3 is 6.03 Å². The molecule has 0 fully saturated rings. The topological polar surface area (TPSA) is 88.5 Å². The van der Waals surface area contributed by atoms with Gasteiger partial charge in [0, 0.05) is 24.6 Å². The van der Waals surface area contributed by atoms with E-state index < -0.39 is 23.6 Å². The Morgan fingerprint density at radius 1 is 1.06 bits per heavy atom. The van der Waals surface area contributed by atoms with Crippen LogP contribution in [0, 0.1) is 11.6 Å². The number of urea groups is 1. The van der Waals surface area contributed by atoms with Crippen molar-refractivity contribution in [1.29, 1.82) is 0 Å². The SMILES string of the molecule is COc1ccc(-n2nc(C(C)(C)C)cc2NC(=O)CN(C)C(=O)Nc2ccc(F)cc2F)cc1. The number of halogens is 2. The standard InChI is InChI=1S/C24H27F2N5O3/c1-24(2,3)20-13-21(31(29-20)16-7-9-17(34-5)10-8-16)28-22(32)14-30(4)23(33)27-19-11-6-15(25)12-18(19)26/h6-13H,14H2,1-5H3,(H,27,33)(H,28,32). The molecule has 0 aliphatic heterocycles. The summed E-state index contributed by atoms with van der Waals surface area (Å²) >= 11 is 0. The average molecular weight is 472 g/mol. The van der Waals surface area contributed by atoms with E-state index in [9.17, 15) is 18.4 Å². The molecule has 0 saturated heterocycles. The van der Waals surface area contributed by atoms with E-state index in [0.717, 1.165) is 22.7 Å². The monoisotopic (exact) mass is 471 g/mol. The smallest absolute Gasteiger partial charge is 0.322 e. The van der Waals surface area contributed by atoms with Gasteiger partial charge in [-0.1, -0.05) is 20.8 Å². The number of nitrogens with zero attached hydrogens (tertiary/aromatic N) is 3. The molecule has 3 aromatic rings. The van der Waals surface area contributed by atoms with E-state index in [1.807, 2.05) is 32.9 Å². The summed E-state index contributed by atoms with van der Waals surface area (Å²) < 4.78 is 33.7. The lowest BCUT2D eigenvalue weighted by molar-refractivity contribution is -0.116. The highest BCUT2D eigenvalue weighted by Crippen LogP contribution is 2.27. The van der Waals surface area contributed by atoms with E-state index in [4.69, 9.17) is 4.74 Å². The maximum atomic E-state index is 13.8. The first-order valence-corrected chi connectivity index (χ1v) is 10.5. The van der Waals surface area contributed by atoms with Crippen LogP contribution < -0.4 is 15.4 Å². The van der Waals surface area contributed by atoms with Crippen molar-refractivity contribution < 1.29 is 23.1 Å². The number of methoxy groups -OCH3 is 1. The molecule has 1 aromatic heterocycles. The Kier molecular flexibility index (Phi) is 7.19. The average Bonchev–Trinajstić information content (AvgIpc) is 3.19. The Morgan fingerprint density at radius 2 is 1.74 bits per heavy atom. The Labute approximate surface area is 196 Å². The first-order valence-electron chi connectivity index (χ1n) is 10.5. The molecule has 0 atom stereocenters. The van der Waals surface area contributed by atoms with Crippen molar-refractivity contribution in [1.82, 2.24) is 14.7 Å². The van der Waals surface area contributed by atoms with E-state index >= 15 is 0 Å². The zero-order chi connectivity index (χ0) is 25.0. The number of rotatable bonds is 6. The van der Waals surface area contributed by atoms with Crippen LogP contribution in [-0.4, -0.2) is 47.3 Å². The summed E-state index contributed by atoms with van der Waals surface area (Å²) in [6, 6.07) is 11.0. The number of hydrogen-bond acceptors (Lipinski definition) is 4. The predicted molar refractivity (Wildman–Crippen MR) is 125 cm³/mol. The van der Waals surface area contributed by atoms with Crippen LogP contribution in [0.25, 0.3) is 5.69 Å². The van der Waals surface area contributed by atoms with E-state index in [0.29, 0.717) is 23.3 Å². The van der Waals surface area contributed by atoms with Gasteiger partial charge in [0.15, 0.2) is 0 Å². The largest absolute Gasteiger partial charge is 0.497 e. The third kappa shape index (κ3) is 5.89. The van der Waals surface area contributed by atoms with E-state index in [2.05, 4.69) is 15.7 Å². The minimum Gasteiger partial charge on any atom is -0.497 e. The highest BCUT2D eigenvalue weighted by molar-refractivity contribution is 5.96. The van der Waals surface area contributed by atoms with E-state index in [1.165, 1.54) is 7.05 Å². The quantitative estimate of drug-likeness (QED) is 0.552. The van der Waals surface area contributed by atoms with Crippen LogP contribution in [0.3, 0.4) is 0 Å². The summed E-state index contributed by atoms with van der Waals surface area (Å²) in [6.07, 6.45) is 0. The van der Waals surface area contributed by atoms with Gasteiger partial charge in [-0.05, 0) is 36.4 Å². The van der Waals surface area contributed by atoms with Crippen molar-refractivity contribution in [2.75, 3.05) is 31.3 Å². The van der Waals surface area contributed by atoms with Crippen LogP contribution in [0.1, 0.15) is 26.5 Å². The third-order valence-corrected chi connectivity index (χ3v) is 4.96. The molecule has 2 aromatic carbocycles. The van der Waals surface area contributed by atoms with Crippen LogP contribution in [0.2, 0.25) is 0 Å². The number of ether oxygens (including phenoxy) is 1. The van der Waals surface area contributed by atoms with Crippen LogP contribution in [-0.2, 0) is 10.2 Å². The molecule has 1 heterocycles. The number of carbonyl (C=O) groups excluding carboxylic acids is 2. The first kappa shape index (κ1) is 24.7. The molecule has 0 aliphatic rings. The van der Waals surface area contributed by atoms with Crippen molar-refractivity contribution in [3.8, 4) is 11.4 Å². The molecule has 0 radical (unpaired) electrons. The summed E-state index contributed by atoms with van der Waals surface area (Å²) in [7, 11) is 2.96. The second kappa shape index (κ2) is 9.90. The van der Waals surface area contributed by atoms with Crippen molar-refractivity contribution >= 4 is 23.4 Å². The van der Waals surface area contributed by atoms with Gasteiger partial charge < -0.3 is 20.3 Å². The lowest BCUT2D eigenvalue weighted by atomic mass is 9.92. The number of benzene rings is 2. The minimum absolute atomic E-state index is 0.189. The Bertz CT molecular complexity index is 1190. The normalized spacial score (nSPS) is 11.1. The summed E-state index contributed by atoms with van der Waals surface area (Å²) in [5, 5.41) is 9.74. The number of anilines is 2. The highest BCUT2D eigenvalue weighted by atomic mass is 19.1. The highest BCUT2D eigenvalue weighted by Gasteiger charge is 2.22. The Balaban J connectivity index is 1.75. The summed E-state index contributed by atoms with van der Waals surface area (Å²) in [6.45, 7) is 5.71. The van der Waals surface area contributed by atoms with Gasteiger partial charge in [0.2, 0.25) is 5.91 Å². The molecule has 0 bridgehead atoms. The van der Waals surface area contributed by atoms with Gasteiger partial charge in [0.05, 0.1) is 24.2 Å². The third-order valence-electron chi connectivity index (χ3n) is 4.96. The van der Waals surface area contributed by atoms with Gasteiger partial charge in [0.25, 0.3) is 0 Å². The minimum atomic E-state index is -0.913. The van der Waals surface area contributed by atoms with Crippen LogP contribution in [0.4, 0.5) is 25.1 Å². The number of likely N-dealkylation sites (N-methyl/N-ethyl adjacent to an activating group) is 1. The fourth-order valence-electron chi connectivity index (χ4n) is 3.03. The zero-order valence-corrected chi connectivity index (χ0v) is 19.6. The predicted octanol–water partition coefficient (Wildman–Crippen LogP) is 4.56. The summed E-state index contributed by atoms with van der Waals surface area (Å²) in [5.41, 5.74) is 1.01. The van der Waals surface area contributed by atoms with E-state index in [-0.39, 0.29) is 17.6 Å². The first-order chi connectivity index (χ1) is 16.0. The molecule has 3 amide bonds. The van der Waals surface area contributed by atoms with Crippen molar-refractivity contribution in [2.24, 2.45) is 0 Å². The van der Waals surface area contributed by atoms with Gasteiger partial charge in [-0.3, -0.25) is 4.79 Å². The lowest BCUT2D eigenvalue weighted by Gasteiger charge is -2.18. The number of carbonyl (C=O) groups is 2. The van der Waals surface area contributed by atoms with E-state index in [1.54, 1.807) is 30.0 Å². The van der Waals surface area contributed by atoms with Gasteiger partial charge in [0.1, 0.15) is 29.7 Å². The van der Waals surface area contributed by atoms with Crippen molar-refractivity contribution in [2.45, 2.75) is 26.2 Å². The molecule has 34 heavy (non-hydrogen) atoms. The Morgan fingerprint density at radius 3 is 2.32 bits per heavy atom. The summed E-state index contributed by atoms with van der Waals surface area (Å²) in [4.78, 5) is 26.2. The number of amides is 3. The maximum absolute atomic E-state index is 13.8. The molecule has 3 rings (SSSR count). The van der Waals surface area contributed by atoms with Crippen LogP contribution in [0.15, 0.2) is 48.5 Å². The van der Waals surface area contributed by atoms with Gasteiger partial charge in [-0.25, -0.2) is 18.3 Å². The molecule has 0 unspecified atom stereocenters. The molecule has 0 aliphatic carbocycles. The number of hydrogen-bond donors (Lipinski definition) is 2. The Hall–Kier alpha value is -3.95. The maximum Gasteiger partial charge on any atom is 0.322 e. The molecule has 8 nitrogen and oxygen atoms in total. The summed E-state index contributed by atoms with van der Waals surface area (Å²) in [5.74, 6) is -1.04.